The van der Waals surface area contributed by atoms with Crippen LogP contribution >= 0.6 is 0 Å². The summed E-state index contributed by atoms with van der Waals surface area (Å²) in [7, 11) is 0. The summed E-state index contributed by atoms with van der Waals surface area (Å²) in [5, 5.41) is 7.30. The molecule has 0 radical (unpaired) electrons. The molecule has 3 rings (SSSR count). The van der Waals surface area contributed by atoms with E-state index in [0.29, 0.717) is 18.1 Å². The fraction of sp³-hybridized carbons (Fsp3) is 0.667. The molecule has 1 aliphatic heterocycles. The van der Waals surface area contributed by atoms with E-state index >= 15 is 0 Å². The quantitative estimate of drug-likeness (QED) is 0.871. The van der Waals surface area contributed by atoms with Crippen molar-refractivity contribution in [2.75, 3.05) is 25.0 Å². The first-order chi connectivity index (χ1) is 10.1. The minimum Gasteiger partial charge on any atom is -0.385 e. The van der Waals surface area contributed by atoms with Gasteiger partial charge in [-0.15, -0.1) is 0 Å². The predicted molar refractivity (Wildman–Crippen MR) is 87.9 cm³/mol. The zero-order valence-electron chi connectivity index (χ0n) is 13.5. The number of ether oxygens (including phenoxy) is 1. The molecule has 1 heterocycles. The second-order valence-electron chi connectivity index (χ2n) is 6.96. The van der Waals surface area contributed by atoms with Crippen molar-refractivity contribution in [2.24, 2.45) is 5.41 Å². The molecule has 3 atom stereocenters. The maximum atomic E-state index is 5.82. The Balaban J connectivity index is 1.58. The molecule has 0 saturated heterocycles. The molecule has 1 saturated carbocycles. The van der Waals surface area contributed by atoms with Gasteiger partial charge >= 0.3 is 0 Å². The summed E-state index contributed by atoms with van der Waals surface area (Å²) < 4.78 is 5.82. The molecular weight excluding hydrogens is 260 g/mol. The lowest BCUT2D eigenvalue weighted by Crippen LogP contribution is -2.61. The Labute approximate surface area is 128 Å². The van der Waals surface area contributed by atoms with Gasteiger partial charge in [-0.1, -0.05) is 32.0 Å². The Bertz CT molecular complexity index is 486. The van der Waals surface area contributed by atoms with Crippen LogP contribution in [0.25, 0.3) is 0 Å². The average Bonchev–Trinajstić information content (AvgIpc) is 2.50. The Morgan fingerprint density at radius 1 is 1.33 bits per heavy atom. The minimum atomic E-state index is 0.252. The molecule has 2 aliphatic rings. The minimum absolute atomic E-state index is 0.252. The Morgan fingerprint density at radius 2 is 2.14 bits per heavy atom. The van der Waals surface area contributed by atoms with Crippen LogP contribution in [0, 0.1) is 5.41 Å². The maximum absolute atomic E-state index is 5.82. The van der Waals surface area contributed by atoms with E-state index in [9.17, 15) is 0 Å². The van der Waals surface area contributed by atoms with Crippen molar-refractivity contribution >= 4 is 5.69 Å². The van der Waals surface area contributed by atoms with Crippen LogP contribution in [0.1, 0.15) is 45.1 Å². The van der Waals surface area contributed by atoms with E-state index in [1.54, 1.807) is 0 Å². The number of nitrogens with one attached hydrogen (secondary N) is 2. The van der Waals surface area contributed by atoms with Crippen molar-refractivity contribution in [2.45, 2.75) is 51.7 Å². The van der Waals surface area contributed by atoms with Gasteiger partial charge in [0.1, 0.15) is 0 Å². The Kier molecular flexibility index (Phi) is 4.23. The molecule has 116 valence electrons. The smallest absolute Gasteiger partial charge is 0.0655 e. The highest BCUT2D eigenvalue weighted by atomic mass is 16.5. The molecule has 21 heavy (non-hydrogen) atoms. The summed E-state index contributed by atoms with van der Waals surface area (Å²) in [6.45, 7) is 9.71. The molecule has 1 fully saturated rings. The standard InChI is InChI=1S/C18H28N2O/c1-4-21-17-11-16(18(17,2)3)20-12-13-9-10-19-15-8-6-5-7-14(13)15/h5-8,13,16-17,19-20H,4,9-12H2,1-3H3. The number of rotatable bonds is 5. The van der Waals surface area contributed by atoms with E-state index in [1.165, 1.54) is 17.7 Å². The lowest BCUT2D eigenvalue weighted by atomic mass is 9.64. The summed E-state index contributed by atoms with van der Waals surface area (Å²) in [6, 6.07) is 9.31. The van der Waals surface area contributed by atoms with Gasteiger partial charge in [0.25, 0.3) is 0 Å². The zero-order chi connectivity index (χ0) is 14.9. The van der Waals surface area contributed by atoms with Gasteiger partial charge in [-0.3, -0.25) is 0 Å². The van der Waals surface area contributed by atoms with Gasteiger partial charge < -0.3 is 15.4 Å². The van der Waals surface area contributed by atoms with E-state index in [-0.39, 0.29) is 5.41 Å². The van der Waals surface area contributed by atoms with Crippen LogP contribution < -0.4 is 10.6 Å². The zero-order valence-corrected chi connectivity index (χ0v) is 13.5. The van der Waals surface area contributed by atoms with Crippen LogP contribution in [0.5, 0.6) is 0 Å². The first-order valence-corrected chi connectivity index (χ1v) is 8.30. The molecule has 3 nitrogen and oxygen atoms in total. The summed E-state index contributed by atoms with van der Waals surface area (Å²) >= 11 is 0. The van der Waals surface area contributed by atoms with E-state index in [2.05, 4.69) is 55.7 Å². The predicted octanol–water partition coefficient (Wildman–Crippen LogP) is 3.38. The van der Waals surface area contributed by atoms with Crippen LogP contribution in [0.4, 0.5) is 5.69 Å². The summed E-state index contributed by atoms with van der Waals surface area (Å²) in [5.41, 5.74) is 3.04. The third-order valence-electron chi connectivity index (χ3n) is 5.37. The normalized spacial score (nSPS) is 30.1. The Hall–Kier alpha value is -1.06. The maximum Gasteiger partial charge on any atom is 0.0655 e. The highest BCUT2D eigenvalue weighted by molar-refractivity contribution is 5.54. The molecule has 0 aromatic heterocycles. The topological polar surface area (TPSA) is 33.3 Å². The van der Waals surface area contributed by atoms with Crippen molar-refractivity contribution in [1.29, 1.82) is 0 Å². The second kappa shape index (κ2) is 5.98. The fourth-order valence-corrected chi connectivity index (χ4v) is 3.76. The van der Waals surface area contributed by atoms with Crippen LogP contribution in [0.2, 0.25) is 0 Å². The molecule has 0 spiro atoms. The fourth-order valence-electron chi connectivity index (χ4n) is 3.76. The number of hydrogen-bond donors (Lipinski definition) is 2. The van der Waals surface area contributed by atoms with Crippen LogP contribution in [-0.4, -0.2) is 31.8 Å². The van der Waals surface area contributed by atoms with Gasteiger partial charge in [0.05, 0.1) is 6.10 Å². The van der Waals surface area contributed by atoms with E-state index in [0.717, 1.165) is 26.1 Å². The number of benzene rings is 1. The molecule has 1 aromatic carbocycles. The van der Waals surface area contributed by atoms with Gasteiger partial charge in [-0.25, -0.2) is 0 Å². The second-order valence-corrected chi connectivity index (χ2v) is 6.96. The third-order valence-corrected chi connectivity index (χ3v) is 5.37. The molecule has 3 unspecified atom stereocenters. The third kappa shape index (κ3) is 2.82. The SMILES string of the molecule is CCOC1CC(NCC2CCNc3ccccc32)C1(C)C. The molecule has 1 aliphatic carbocycles. The molecule has 2 N–H and O–H groups in total. The molecule has 1 aromatic rings. The van der Waals surface area contributed by atoms with Gasteiger partial charge in [0.2, 0.25) is 0 Å². The lowest BCUT2D eigenvalue weighted by Gasteiger charge is -2.52. The van der Waals surface area contributed by atoms with Gasteiger partial charge in [-0.2, -0.15) is 0 Å². The van der Waals surface area contributed by atoms with E-state index in [1.807, 2.05) is 0 Å². The van der Waals surface area contributed by atoms with Gasteiger partial charge in [0, 0.05) is 42.8 Å². The molecule has 0 bridgehead atoms. The summed E-state index contributed by atoms with van der Waals surface area (Å²) in [4.78, 5) is 0. The molecular formula is C18H28N2O. The summed E-state index contributed by atoms with van der Waals surface area (Å²) in [5.74, 6) is 0.629. The number of anilines is 1. The average molecular weight is 288 g/mol. The highest BCUT2D eigenvalue weighted by Gasteiger charge is 2.48. The monoisotopic (exact) mass is 288 g/mol. The van der Waals surface area contributed by atoms with Gasteiger partial charge in [-0.05, 0) is 31.4 Å². The number of hydrogen-bond acceptors (Lipinski definition) is 3. The van der Waals surface area contributed by atoms with Crippen LogP contribution in [0.15, 0.2) is 24.3 Å². The van der Waals surface area contributed by atoms with Crippen molar-refractivity contribution in [1.82, 2.24) is 5.32 Å². The first kappa shape index (κ1) is 14.9. The first-order valence-electron chi connectivity index (χ1n) is 8.30. The van der Waals surface area contributed by atoms with E-state index < -0.39 is 0 Å². The van der Waals surface area contributed by atoms with Crippen LogP contribution in [-0.2, 0) is 4.74 Å². The summed E-state index contributed by atoms with van der Waals surface area (Å²) in [6.07, 6.45) is 2.78. The Morgan fingerprint density at radius 3 is 2.90 bits per heavy atom. The highest BCUT2D eigenvalue weighted by Crippen LogP contribution is 2.43. The van der Waals surface area contributed by atoms with Crippen molar-refractivity contribution in [3.63, 3.8) is 0 Å². The van der Waals surface area contributed by atoms with Crippen molar-refractivity contribution < 1.29 is 4.74 Å². The van der Waals surface area contributed by atoms with Crippen molar-refractivity contribution in [3.8, 4) is 0 Å². The lowest BCUT2D eigenvalue weighted by molar-refractivity contribution is -0.114. The van der Waals surface area contributed by atoms with Crippen LogP contribution in [0.3, 0.4) is 0 Å². The number of fused-ring (bicyclic) bond motifs is 1. The van der Waals surface area contributed by atoms with Gasteiger partial charge in [0.15, 0.2) is 0 Å². The molecule has 3 heteroatoms. The van der Waals surface area contributed by atoms with Crippen molar-refractivity contribution in [3.05, 3.63) is 29.8 Å². The largest absolute Gasteiger partial charge is 0.385 e. The number of para-hydroxylation sites is 1. The van der Waals surface area contributed by atoms with E-state index in [4.69, 9.17) is 4.74 Å². The molecule has 0 amide bonds.